The van der Waals surface area contributed by atoms with E-state index in [9.17, 15) is 4.79 Å². The molecule has 0 aliphatic carbocycles. The van der Waals surface area contributed by atoms with Gasteiger partial charge in [-0.05, 0) is 38.5 Å². The number of hydrogen-bond donors (Lipinski definition) is 0. The Bertz CT molecular complexity index is 468. The molecule has 0 aromatic heterocycles. The number of hydrogen-bond acceptors (Lipinski definition) is 3. The topological polar surface area (TPSA) is 35.5 Å². The van der Waals surface area contributed by atoms with Crippen LogP contribution in [0.25, 0.3) is 0 Å². The summed E-state index contributed by atoms with van der Waals surface area (Å²) in [5, 5.41) is 0. The van der Waals surface area contributed by atoms with E-state index in [1.54, 1.807) is 18.2 Å². The number of ketones is 1. The van der Waals surface area contributed by atoms with Crippen molar-refractivity contribution in [3.05, 3.63) is 35.1 Å². The van der Waals surface area contributed by atoms with Gasteiger partial charge in [-0.2, -0.15) is 0 Å². The molecule has 0 spiro atoms. The number of rotatable bonds is 2. The predicted molar refractivity (Wildman–Crippen MR) is 60.9 cm³/mol. The van der Waals surface area contributed by atoms with Crippen molar-refractivity contribution in [3.63, 3.8) is 0 Å². The summed E-state index contributed by atoms with van der Waals surface area (Å²) in [6.45, 7) is 6.24. The van der Waals surface area contributed by atoms with Crippen molar-refractivity contribution >= 4 is 5.78 Å². The van der Waals surface area contributed by atoms with Gasteiger partial charge in [-0.25, -0.2) is 0 Å². The molecule has 0 N–H and O–H groups in total. The summed E-state index contributed by atoms with van der Waals surface area (Å²) in [5.41, 5.74) is 1.50. The summed E-state index contributed by atoms with van der Waals surface area (Å²) in [6, 6.07) is 5.29. The summed E-state index contributed by atoms with van der Waals surface area (Å²) < 4.78 is 10.9. The van der Waals surface area contributed by atoms with Crippen molar-refractivity contribution in [1.29, 1.82) is 0 Å². The molecule has 0 amide bonds. The van der Waals surface area contributed by atoms with Crippen molar-refractivity contribution in [2.75, 3.05) is 6.61 Å². The van der Waals surface area contributed by atoms with E-state index in [-0.39, 0.29) is 5.78 Å². The van der Waals surface area contributed by atoms with Crippen LogP contribution in [-0.2, 0) is 0 Å². The molecule has 0 bridgehead atoms. The van der Waals surface area contributed by atoms with Crippen molar-refractivity contribution in [1.82, 2.24) is 0 Å². The van der Waals surface area contributed by atoms with Crippen molar-refractivity contribution < 1.29 is 14.3 Å². The fraction of sp³-hybridized carbons (Fsp3) is 0.308. The van der Waals surface area contributed by atoms with Crippen molar-refractivity contribution in [2.24, 2.45) is 0 Å². The number of allylic oxidation sites excluding steroid dienone is 2. The molecule has 0 saturated carbocycles. The third-order valence-corrected chi connectivity index (χ3v) is 2.38. The summed E-state index contributed by atoms with van der Waals surface area (Å²) in [7, 11) is 0. The highest BCUT2D eigenvalue weighted by molar-refractivity contribution is 6.12. The fourth-order valence-corrected chi connectivity index (χ4v) is 1.64. The molecule has 1 aliphatic heterocycles. The van der Waals surface area contributed by atoms with Crippen LogP contribution in [0.1, 0.15) is 31.1 Å². The zero-order valence-electron chi connectivity index (χ0n) is 9.66. The Morgan fingerprint density at radius 1 is 1.38 bits per heavy atom. The Morgan fingerprint density at radius 2 is 2.12 bits per heavy atom. The lowest BCUT2D eigenvalue weighted by molar-refractivity contribution is 0.101. The second kappa shape index (κ2) is 4.00. The van der Waals surface area contributed by atoms with Crippen LogP contribution in [0.15, 0.2) is 29.5 Å². The molecule has 0 saturated heterocycles. The van der Waals surface area contributed by atoms with E-state index in [2.05, 4.69) is 0 Å². The largest absolute Gasteiger partial charge is 0.494 e. The maximum absolute atomic E-state index is 11.9. The van der Waals surface area contributed by atoms with E-state index >= 15 is 0 Å². The van der Waals surface area contributed by atoms with Crippen LogP contribution in [0.3, 0.4) is 0 Å². The first-order valence-corrected chi connectivity index (χ1v) is 5.30. The van der Waals surface area contributed by atoms with Crippen molar-refractivity contribution in [2.45, 2.75) is 20.8 Å². The average molecular weight is 218 g/mol. The van der Waals surface area contributed by atoms with E-state index in [0.29, 0.717) is 23.7 Å². The summed E-state index contributed by atoms with van der Waals surface area (Å²) in [4.78, 5) is 11.9. The summed E-state index contributed by atoms with van der Waals surface area (Å²) in [6.07, 6.45) is 0. The van der Waals surface area contributed by atoms with Gasteiger partial charge in [0.05, 0.1) is 12.2 Å². The Morgan fingerprint density at radius 3 is 2.75 bits per heavy atom. The third-order valence-electron chi connectivity index (χ3n) is 2.38. The minimum atomic E-state index is -0.0435. The van der Waals surface area contributed by atoms with Crippen LogP contribution in [0.5, 0.6) is 11.5 Å². The van der Waals surface area contributed by atoms with E-state index in [1.807, 2.05) is 20.8 Å². The van der Waals surface area contributed by atoms with Gasteiger partial charge in [0.2, 0.25) is 5.78 Å². The maximum Gasteiger partial charge on any atom is 0.231 e. The molecule has 0 unspecified atom stereocenters. The van der Waals surface area contributed by atoms with E-state index in [4.69, 9.17) is 9.47 Å². The molecule has 0 radical (unpaired) electrons. The number of Topliss-reactive ketones (excluding diaryl/α,β-unsaturated/α-hetero) is 1. The molecular formula is C13H14O3. The van der Waals surface area contributed by atoms with Gasteiger partial charge in [0.1, 0.15) is 11.5 Å². The number of carbonyl (C=O) groups excluding carboxylic acids is 1. The first kappa shape index (κ1) is 10.7. The van der Waals surface area contributed by atoms with Crippen LogP contribution in [0, 0.1) is 0 Å². The third kappa shape index (κ3) is 1.69. The molecule has 0 fully saturated rings. The lowest BCUT2D eigenvalue weighted by Gasteiger charge is -2.04. The van der Waals surface area contributed by atoms with Gasteiger partial charge in [-0.15, -0.1) is 0 Å². The Balaban J connectivity index is 2.41. The quantitative estimate of drug-likeness (QED) is 0.716. The lowest BCUT2D eigenvalue weighted by atomic mass is 10.1. The molecule has 16 heavy (non-hydrogen) atoms. The van der Waals surface area contributed by atoms with Crippen LogP contribution in [0.2, 0.25) is 0 Å². The maximum atomic E-state index is 11.9. The number of ether oxygens (including phenoxy) is 2. The Labute approximate surface area is 94.7 Å². The van der Waals surface area contributed by atoms with Crippen molar-refractivity contribution in [3.8, 4) is 11.5 Å². The molecule has 84 valence electrons. The minimum absolute atomic E-state index is 0.0435. The molecule has 1 aliphatic rings. The SMILES string of the molecule is CCOc1ccc2c(c1)OC(=C(C)C)C2=O. The van der Waals surface area contributed by atoms with Gasteiger partial charge < -0.3 is 9.47 Å². The number of benzene rings is 1. The molecular weight excluding hydrogens is 204 g/mol. The average Bonchev–Trinajstić information content (AvgIpc) is 2.56. The van der Waals surface area contributed by atoms with Crippen LogP contribution >= 0.6 is 0 Å². The molecule has 0 atom stereocenters. The zero-order chi connectivity index (χ0) is 11.7. The summed E-state index contributed by atoms with van der Waals surface area (Å²) in [5.74, 6) is 1.71. The van der Waals surface area contributed by atoms with Gasteiger partial charge >= 0.3 is 0 Å². The normalized spacial score (nSPS) is 13.4. The van der Waals surface area contributed by atoms with Crippen LogP contribution in [-0.4, -0.2) is 12.4 Å². The van der Waals surface area contributed by atoms with Gasteiger partial charge in [0, 0.05) is 6.07 Å². The van der Waals surface area contributed by atoms with Crippen LogP contribution in [0.4, 0.5) is 0 Å². The Kier molecular flexibility index (Phi) is 2.69. The van der Waals surface area contributed by atoms with Gasteiger partial charge in [0.15, 0.2) is 5.76 Å². The van der Waals surface area contributed by atoms with Crippen LogP contribution < -0.4 is 9.47 Å². The van der Waals surface area contributed by atoms with E-state index in [0.717, 1.165) is 11.3 Å². The highest BCUT2D eigenvalue weighted by atomic mass is 16.5. The lowest BCUT2D eigenvalue weighted by Crippen LogP contribution is -2.00. The monoisotopic (exact) mass is 218 g/mol. The molecule has 1 aromatic rings. The fourth-order valence-electron chi connectivity index (χ4n) is 1.64. The highest BCUT2D eigenvalue weighted by Crippen LogP contribution is 2.35. The molecule has 1 aromatic carbocycles. The van der Waals surface area contributed by atoms with Gasteiger partial charge in [-0.1, -0.05) is 0 Å². The first-order chi connectivity index (χ1) is 7.63. The highest BCUT2D eigenvalue weighted by Gasteiger charge is 2.28. The predicted octanol–water partition coefficient (Wildman–Crippen LogP) is 2.95. The smallest absolute Gasteiger partial charge is 0.231 e. The number of fused-ring (bicyclic) bond motifs is 1. The second-order valence-corrected chi connectivity index (χ2v) is 3.85. The summed E-state index contributed by atoms with van der Waals surface area (Å²) >= 11 is 0. The number of carbonyl (C=O) groups is 1. The minimum Gasteiger partial charge on any atom is -0.494 e. The molecule has 2 rings (SSSR count). The molecule has 3 nitrogen and oxygen atoms in total. The van der Waals surface area contributed by atoms with Gasteiger partial charge in [-0.3, -0.25) is 4.79 Å². The second-order valence-electron chi connectivity index (χ2n) is 3.85. The first-order valence-electron chi connectivity index (χ1n) is 5.30. The van der Waals surface area contributed by atoms with E-state index < -0.39 is 0 Å². The molecule has 3 heteroatoms. The van der Waals surface area contributed by atoms with Gasteiger partial charge in [0.25, 0.3) is 0 Å². The van der Waals surface area contributed by atoms with E-state index in [1.165, 1.54) is 0 Å². The Hall–Kier alpha value is -1.77. The standard InChI is InChI=1S/C13H14O3/c1-4-15-9-5-6-10-11(7-9)16-13(8(2)3)12(10)14/h5-7H,4H2,1-3H3. The zero-order valence-corrected chi connectivity index (χ0v) is 9.66. The molecule has 1 heterocycles.